The predicted octanol–water partition coefficient (Wildman–Crippen LogP) is 0.276. The molecule has 23 heavy (non-hydrogen) atoms. The van der Waals surface area contributed by atoms with Crippen LogP contribution in [0.25, 0.3) is 0 Å². The van der Waals surface area contributed by atoms with E-state index < -0.39 is 38.7 Å². The first kappa shape index (κ1) is 15.7. The largest absolute Gasteiger partial charge is 0.362 e. The topological polar surface area (TPSA) is 108 Å². The van der Waals surface area contributed by atoms with Crippen LogP contribution in [0.5, 0.6) is 0 Å². The number of hydrogen-bond donors (Lipinski definition) is 4. The summed E-state index contributed by atoms with van der Waals surface area (Å²) in [6.07, 6.45) is 1.99. The van der Waals surface area contributed by atoms with Crippen molar-refractivity contribution in [2.24, 2.45) is 0 Å². The van der Waals surface area contributed by atoms with Gasteiger partial charge in [-0.15, -0.1) is 0 Å². The first-order valence-corrected chi connectivity index (χ1v) is 8.19. The van der Waals surface area contributed by atoms with E-state index in [9.17, 15) is 22.0 Å². The Bertz CT molecular complexity index is 805. The third-order valence-corrected chi connectivity index (χ3v) is 4.56. The maximum atomic E-state index is 14.0. The number of nitrogens with one attached hydrogen (secondary N) is 3. The average molecular weight is 345 g/mol. The van der Waals surface area contributed by atoms with Gasteiger partial charge in [-0.3, -0.25) is 9.35 Å². The van der Waals surface area contributed by atoms with E-state index in [1.54, 1.807) is 0 Å². The molecule has 1 amide bonds. The second kappa shape index (κ2) is 5.17. The van der Waals surface area contributed by atoms with Gasteiger partial charge in [0.2, 0.25) is 11.4 Å². The van der Waals surface area contributed by atoms with Gasteiger partial charge in [-0.1, -0.05) is 12.1 Å². The number of carbonyl (C=O) groups excluding carboxylic acids is 1. The van der Waals surface area contributed by atoms with Gasteiger partial charge in [-0.25, -0.2) is 8.78 Å². The minimum atomic E-state index is -4.56. The third-order valence-electron chi connectivity index (χ3n) is 3.72. The molecule has 1 aromatic rings. The molecular weight excluding hydrogens is 332 g/mol. The number of carbonyl (C=O) groups is 1. The van der Waals surface area contributed by atoms with Crippen LogP contribution in [0.15, 0.2) is 30.1 Å². The monoisotopic (exact) mass is 345 g/mol. The maximum absolute atomic E-state index is 14.0. The van der Waals surface area contributed by atoms with Crippen molar-refractivity contribution in [3.05, 3.63) is 47.3 Å². The molecule has 124 valence electrons. The van der Waals surface area contributed by atoms with E-state index in [-0.39, 0.29) is 11.4 Å². The molecule has 1 atom stereocenters. The van der Waals surface area contributed by atoms with Crippen molar-refractivity contribution in [3.63, 3.8) is 0 Å². The molecule has 1 fully saturated rings. The lowest BCUT2D eigenvalue weighted by Gasteiger charge is -2.28. The minimum Gasteiger partial charge on any atom is -0.362 e. The zero-order valence-electron chi connectivity index (χ0n) is 11.6. The fraction of sp³-hybridized carbons (Fsp3) is 0.308. The fourth-order valence-corrected chi connectivity index (χ4v) is 3.00. The third kappa shape index (κ3) is 2.99. The molecule has 7 nitrogen and oxygen atoms in total. The van der Waals surface area contributed by atoms with Crippen molar-refractivity contribution in [2.45, 2.75) is 23.9 Å². The maximum Gasteiger partial charge on any atom is 0.305 e. The highest BCUT2D eigenvalue weighted by Crippen LogP contribution is 2.47. The molecule has 0 spiro atoms. The molecule has 1 saturated carbocycles. The van der Waals surface area contributed by atoms with E-state index in [0.29, 0.717) is 12.8 Å². The molecule has 0 aromatic heterocycles. The van der Waals surface area contributed by atoms with Crippen LogP contribution in [0.2, 0.25) is 0 Å². The molecule has 1 heterocycles. The van der Waals surface area contributed by atoms with Gasteiger partial charge in [0, 0.05) is 11.6 Å². The molecule has 3 rings (SSSR count). The Balaban J connectivity index is 1.87. The van der Waals surface area contributed by atoms with Crippen LogP contribution in [0.4, 0.5) is 8.78 Å². The van der Waals surface area contributed by atoms with Gasteiger partial charge in [-0.2, -0.15) is 8.42 Å². The number of amides is 1. The van der Waals surface area contributed by atoms with Gasteiger partial charge in [0.15, 0.2) is 11.6 Å². The van der Waals surface area contributed by atoms with Crippen LogP contribution >= 0.6 is 0 Å². The lowest BCUT2D eigenvalue weighted by atomic mass is 10.0. The average Bonchev–Trinajstić information content (AvgIpc) is 3.21. The Morgan fingerprint density at radius 2 is 1.96 bits per heavy atom. The van der Waals surface area contributed by atoms with E-state index >= 15 is 0 Å². The summed E-state index contributed by atoms with van der Waals surface area (Å²) in [5.41, 5.74) is -2.54. The van der Waals surface area contributed by atoms with Crippen LogP contribution < -0.4 is 16.0 Å². The van der Waals surface area contributed by atoms with Crippen LogP contribution in [0.1, 0.15) is 18.4 Å². The summed E-state index contributed by atoms with van der Waals surface area (Å²) in [6.45, 7) is 0. The van der Waals surface area contributed by atoms with Crippen molar-refractivity contribution >= 4 is 16.0 Å². The van der Waals surface area contributed by atoms with Crippen molar-refractivity contribution in [1.29, 1.82) is 0 Å². The molecule has 2 aliphatic rings. The van der Waals surface area contributed by atoms with E-state index in [0.717, 1.165) is 12.1 Å². The minimum absolute atomic E-state index is 0.00228. The van der Waals surface area contributed by atoms with E-state index in [1.807, 2.05) is 5.32 Å². The molecule has 0 saturated heterocycles. The standard InChI is InChI=1S/C13H13F2N3O4S/c14-8-3-1-2-7(11(8)15)13(4-5-13)18-9-6-10(19)17-12(16-9)23(20,21)22/h1-3,6,12,16,18H,4-5H2,(H,17,19)(H,20,21,22). The van der Waals surface area contributed by atoms with Crippen molar-refractivity contribution in [2.75, 3.05) is 0 Å². The highest BCUT2D eigenvalue weighted by molar-refractivity contribution is 7.86. The Labute approximate surface area is 130 Å². The first-order chi connectivity index (χ1) is 10.7. The molecule has 10 heteroatoms. The second-order valence-corrected chi connectivity index (χ2v) is 6.92. The van der Waals surface area contributed by atoms with Gasteiger partial charge in [0.05, 0.1) is 5.54 Å². The van der Waals surface area contributed by atoms with E-state index in [2.05, 4.69) is 10.6 Å². The highest BCUT2D eigenvalue weighted by Gasteiger charge is 2.48. The number of hydrogen-bond acceptors (Lipinski definition) is 5. The highest BCUT2D eigenvalue weighted by atomic mass is 32.2. The number of benzene rings is 1. The van der Waals surface area contributed by atoms with Crippen molar-refractivity contribution < 1.29 is 26.5 Å². The Morgan fingerprint density at radius 3 is 2.57 bits per heavy atom. The van der Waals surface area contributed by atoms with Gasteiger partial charge in [-0.05, 0) is 18.9 Å². The molecule has 0 bridgehead atoms. The lowest BCUT2D eigenvalue weighted by Crippen LogP contribution is -2.56. The summed E-state index contributed by atoms with van der Waals surface area (Å²) in [5.74, 6) is -2.73. The molecule has 1 unspecified atom stereocenters. The smallest absolute Gasteiger partial charge is 0.305 e. The normalized spacial score (nSPS) is 22.7. The van der Waals surface area contributed by atoms with Crippen LogP contribution in [-0.4, -0.2) is 24.4 Å². The van der Waals surface area contributed by atoms with Crippen LogP contribution in [0, 0.1) is 11.6 Å². The summed E-state index contributed by atoms with van der Waals surface area (Å²) in [7, 11) is -4.56. The molecule has 1 aliphatic carbocycles. The molecule has 0 radical (unpaired) electrons. The number of rotatable bonds is 4. The predicted molar refractivity (Wildman–Crippen MR) is 75.1 cm³/mol. The van der Waals surface area contributed by atoms with Gasteiger partial charge < -0.3 is 16.0 Å². The van der Waals surface area contributed by atoms with Crippen molar-refractivity contribution in [3.8, 4) is 0 Å². The molecular formula is C13H13F2N3O4S. The Kier molecular flexibility index (Phi) is 3.52. The van der Waals surface area contributed by atoms with Gasteiger partial charge in [0.1, 0.15) is 5.82 Å². The molecule has 1 aliphatic heterocycles. The van der Waals surface area contributed by atoms with E-state index in [1.165, 1.54) is 12.1 Å². The first-order valence-electron chi connectivity index (χ1n) is 6.69. The fourth-order valence-electron chi connectivity index (χ4n) is 2.46. The summed E-state index contributed by atoms with van der Waals surface area (Å²) in [5, 5.41) is 7.23. The van der Waals surface area contributed by atoms with E-state index in [4.69, 9.17) is 4.55 Å². The summed E-state index contributed by atoms with van der Waals surface area (Å²) >= 11 is 0. The Morgan fingerprint density at radius 1 is 1.26 bits per heavy atom. The summed E-state index contributed by atoms with van der Waals surface area (Å²) in [4.78, 5) is 11.5. The number of halogens is 2. The quantitative estimate of drug-likeness (QED) is 0.584. The zero-order chi connectivity index (χ0) is 16.8. The molecule has 1 aromatic carbocycles. The van der Waals surface area contributed by atoms with Crippen LogP contribution in [0.3, 0.4) is 0 Å². The molecule has 4 N–H and O–H groups in total. The zero-order valence-corrected chi connectivity index (χ0v) is 12.5. The summed E-state index contributed by atoms with van der Waals surface area (Å²) < 4.78 is 58.7. The SMILES string of the molecule is O=C1C=C(NC2(c3cccc(F)c3F)CC2)NC(S(=O)(=O)O)N1. The second-order valence-electron chi connectivity index (χ2n) is 5.41. The Hall–Kier alpha value is -2.20. The van der Waals surface area contributed by atoms with Gasteiger partial charge in [0.25, 0.3) is 0 Å². The van der Waals surface area contributed by atoms with Gasteiger partial charge >= 0.3 is 10.1 Å². The van der Waals surface area contributed by atoms with Crippen molar-refractivity contribution in [1.82, 2.24) is 16.0 Å². The lowest BCUT2D eigenvalue weighted by molar-refractivity contribution is -0.117. The van der Waals surface area contributed by atoms with Crippen LogP contribution in [-0.2, 0) is 20.5 Å². The summed E-state index contributed by atoms with van der Waals surface area (Å²) in [6, 6.07) is 3.78.